The SMILES string of the molecule is CNc1ccc(OCc2csc(NC(C)=O)n2)cc1. The number of aromatic nitrogens is 1. The summed E-state index contributed by atoms with van der Waals surface area (Å²) in [6.45, 7) is 1.84. The molecule has 6 heteroatoms. The Morgan fingerprint density at radius 3 is 2.74 bits per heavy atom. The molecule has 0 aliphatic carbocycles. The predicted molar refractivity (Wildman–Crippen MR) is 76.7 cm³/mol. The second-order valence-corrected chi connectivity index (χ2v) is 4.75. The Bertz CT molecular complexity index is 551. The van der Waals surface area contributed by atoms with Crippen LogP contribution in [0, 0.1) is 0 Å². The maximum Gasteiger partial charge on any atom is 0.223 e. The van der Waals surface area contributed by atoms with Gasteiger partial charge in [-0.05, 0) is 24.3 Å². The first-order valence-electron chi connectivity index (χ1n) is 5.80. The van der Waals surface area contributed by atoms with Gasteiger partial charge in [-0.25, -0.2) is 4.98 Å². The molecule has 1 amide bonds. The number of nitrogens with one attached hydrogen (secondary N) is 2. The van der Waals surface area contributed by atoms with E-state index in [-0.39, 0.29) is 5.91 Å². The van der Waals surface area contributed by atoms with Crippen molar-refractivity contribution >= 4 is 28.1 Å². The monoisotopic (exact) mass is 277 g/mol. The van der Waals surface area contributed by atoms with Crippen molar-refractivity contribution in [1.29, 1.82) is 0 Å². The minimum Gasteiger partial charge on any atom is -0.487 e. The van der Waals surface area contributed by atoms with Crippen molar-refractivity contribution in [3.8, 4) is 5.75 Å². The molecule has 2 N–H and O–H groups in total. The van der Waals surface area contributed by atoms with Crippen LogP contribution in [0.4, 0.5) is 10.8 Å². The van der Waals surface area contributed by atoms with Gasteiger partial charge < -0.3 is 15.4 Å². The fourth-order valence-electron chi connectivity index (χ4n) is 1.46. The van der Waals surface area contributed by atoms with Crippen LogP contribution in [0.3, 0.4) is 0 Å². The summed E-state index contributed by atoms with van der Waals surface area (Å²) in [6.07, 6.45) is 0. The molecule has 1 aromatic heterocycles. The van der Waals surface area contributed by atoms with Gasteiger partial charge in [-0.2, -0.15) is 0 Å². The number of amides is 1. The first-order valence-corrected chi connectivity index (χ1v) is 6.68. The Hall–Kier alpha value is -2.08. The molecule has 0 saturated carbocycles. The van der Waals surface area contributed by atoms with Gasteiger partial charge in [-0.15, -0.1) is 11.3 Å². The van der Waals surface area contributed by atoms with E-state index in [4.69, 9.17) is 4.74 Å². The molecule has 0 aliphatic heterocycles. The molecule has 0 aliphatic rings. The molecule has 0 atom stereocenters. The van der Waals surface area contributed by atoms with Gasteiger partial charge in [0.05, 0.1) is 5.69 Å². The highest BCUT2D eigenvalue weighted by Gasteiger charge is 2.04. The lowest BCUT2D eigenvalue weighted by Crippen LogP contribution is -2.05. The zero-order chi connectivity index (χ0) is 13.7. The van der Waals surface area contributed by atoms with Crippen molar-refractivity contribution in [2.75, 3.05) is 17.7 Å². The maximum absolute atomic E-state index is 10.9. The van der Waals surface area contributed by atoms with E-state index in [9.17, 15) is 4.79 Å². The number of carbonyl (C=O) groups is 1. The Morgan fingerprint density at radius 2 is 2.11 bits per heavy atom. The smallest absolute Gasteiger partial charge is 0.223 e. The van der Waals surface area contributed by atoms with E-state index in [0.29, 0.717) is 11.7 Å². The van der Waals surface area contributed by atoms with Crippen LogP contribution in [0.25, 0.3) is 0 Å². The molecule has 0 radical (unpaired) electrons. The molecule has 0 spiro atoms. The van der Waals surface area contributed by atoms with Crippen LogP contribution in [0.5, 0.6) is 5.75 Å². The Balaban J connectivity index is 1.90. The molecule has 0 bridgehead atoms. The Morgan fingerprint density at radius 1 is 1.37 bits per heavy atom. The molecule has 0 fully saturated rings. The normalized spacial score (nSPS) is 10.0. The molecule has 1 heterocycles. The minimum absolute atomic E-state index is 0.121. The summed E-state index contributed by atoms with van der Waals surface area (Å²) in [6, 6.07) is 7.68. The molecule has 2 rings (SSSR count). The molecule has 100 valence electrons. The van der Waals surface area contributed by atoms with Gasteiger partial charge in [0.25, 0.3) is 0 Å². The van der Waals surface area contributed by atoms with E-state index >= 15 is 0 Å². The van der Waals surface area contributed by atoms with Crippen LogP contribution in [0.2, 0.25) is 0 Å². The fourth-order valence-corrected chi connectivity index (χ4v) is 2.20. The highest BCUT2D eigenvalue weighted by atomic mass is 32.1. The van der Waals surface area contributed by atoms with Crippen molar-refractivity contribution in [2.24, 2.45) is 0 Å². The number of hydrogen-bond acceptors (Lipinski definition) is 5. The van der Waals surface area contributed by atoms with Crippen molar-refractivity contribution in [2.45, 2.75) is 13.5 Å². The third-order valence-corrected chi connectivity index (χ3v) is 3.17. The lowest BCUT2D eigenvalue weighted by Gasteiger charge is -2.05. The first-order chi connectivity index (χ1) is 9.17. The standard InChI is InChI=1S/C13H15N3O2S/c1-9(17)15-13-16-11(8-19-13)7-18-12-5-3-10(14-2)4-6-12/h3-6,8,14H,7H2,1-2H3,(H,15,16,17). The number of benzene rings is 1. The van der Waals surface area contributed by atoms with Crippen LogP contribution in [0.1, 0.15) is 12.6 Å². The summed E-state index contributed by atoms with van der Waals surface area (Å²) in [5, 5.41) is 8.15. The molecule has 19 heavy (non-hydrogen) atoms. The lowest BCUT2D eigenvalue weighted by molar-refractivity contribution is -0.114. The summed E-state index contributed by atoms with van der Waals surface area (Å²) in [7, 11) is 1.87. The van der Waals surface area contributed by atoms with Crippen LogP contribution >= 0.6 is 11.3 Å². The van der Waals surface area contributed by atoms with E-state index in [1.807, 2.05) is 36.7 Å². The molecule has 5 nitrogen and oxygen atoms in total. The second-order valence-electron chi connectivity index (χ2n) is 3.89. The third kappa shape index (κ3) is 3.96. The van der Waals surface area contributed by atoms with Crippen LogP contribution in [-0.2, 0) is 11.4 Å². The minimum atomic E-state index is -0.121. The average molecular weight is 277 g/mol. The number of nitrogens with zero attached hydrogens (tertiary/aromatic N) is 1. The van der Waals surface area contributed by atoms with Crippen molar-refractivity contribution < 1.29 is 9.53 Å². The topological polar surface area (TPSA) is 63.2 Å². The van der Waals surface area contributed by atoms with Gasteiger partial charge in [-0.3, -0.25) is 4.79 Å². The highest BCUT2D eigenvalue weighted by molar-refractivity contribution is 7.13. The number of ether oxygens (including phenoxy) is 1. The number of hydrogen-bond donors (Lipinski definition) is 2. The number of anilines is 2. The number of thiazole rings is 1. The van der Waals surface area contributed by atoms with Gasteiger partial charge >= 0.3 is 0 Å². The van der Waals surface area contributed by atoms with Crippen molar-refractivity contribution in [3.05, 3.63) is 35.3 Å². The quantitative estimate of drug-likeness (QED) is 0.882. The van der Waals surface area contributed by atoms with E-state index in [2.05, 4.69) is 15.6 Å². The van der Waals surface area contributed by atoms with Gasteiger partial charge in [0, 0.05) is 25.0 Å². The average Bonchev–Trinajstić information content (AvgIpc) is 2.84. The predicted octanol–water partition coefficient (Wildman–Crippen LogP) is 2.72. The van der Waals surface area contributed by atoms with Crippen molar-refractivity contribution in [3.63, 3.8) is 0 Å². The van der Waals surface area contributed by atoms with E-state index in [0.717, 1.165) is 17.1 Å². The first kappa shape index (κ1) is 13.4. The number of carbonyl (C=O) groups excluding carboxylic acids is 1. The van der Waals surface area contributed by atoms with E-state index in [1.165, 1.54) is 18.3 Å². The largest absolute Gasteiger partial charge is 0.487 e. The molecular weight excluding hydrogens is 262 g/mol. The molecule has 0 saturated heterocycles. The summed E-state index contributed by atoms with van der Waals surface area (Å²) in [5.74, 6) is 0.664. The van der Waals surface area contributed by atoms with Gasteiger partial charge in [0.2, 0.25) is 5.91 Å². The van der Waals surface area contributed by atoms with Gasteiger partial charge in [0.1, 0.15) is 12.4 Å². The molecule has 1 aromatic carbocycles. The molecule has 0 unspecified atom stereocenters. The van der Waals surface area contributed by atoms with Crippen LogP contribution in [-0.4, -0.2) is 17.9 Å². The summed E-state index contributed by atoms with van der Waals surface area (Å²) < 4.78 is 5.61. The van der Waals surface area contributed by atoms with Crippen molar-refractivity contribution in [1.82, 2.24) is 4.98 Å². The van der Waals surface area contributed by atoms with Crippen LogP contribution < -0.4 is 15.4 Å². The second kappa shape index (κ2) is 6.19. The molecule has 2 aromatic rings. The maximum atomic E-state index is 10.9. The van der Waals surface area contributed by atoms with E-state index < -0.39 is 0 Å². The number of rotatable bonds is 5. The summed E-state index contributed by atoms with van der Waals surface area (Å²) in [4.78, 5) is 15.1. The Labute approximate surface area is 115 Å². The zero-order valence-electron chi connectivity index (χ0n) is 10.8. The summed E-state index contributed by atoms with van der Waals surface area (Å²) in [5.41, 5.74) is 1.83. The fraction of sp³-hybridized carbons (Fsp3) is 0.231. The third-order valence-electron chi connectivity index (χ3n) is 2.36. The Kier molecular flexibility index (Phi) is 4.35. The lowest BCUT2D eigenvalue weighted by atomic mass is 10.3. The zero-order valence-corrected chi connectivity index (χ0v) is 11.6. The summed E-state index contributed by atoms with van der Waals surface area (Å²) >= 11 is 1.39. The van der Waals surface area contributed by atoms with E-state index in [1.54, 1.807) is 0 Å². The molecular formula is C13H15N3O2S. The van der Waals surface area contributed by atoms with Crippen LogP contribution in [0.15, 0.2) is 29.6 Å². The van der Waals surface area contributed by atoms with Gasteiger partial charge in [0.15, 0.2) is 5.13 Å². The highest BCUT2D eigenvalue weighted by Crippen LogP contribution is 2.19. The van der Waals surface area contributed by atoms with Gasteiger partial charge in [-0.1, -0.05) is 0 Å².